The Bertz CT molecular complexity index is 1720. The van der Waals surface area contributed by atoms with Gasteiger partial charge < -0.3 is 15.4 Å². The first-order chi connectivity index (χ1) is 19.8. The van der Waals surface area contributed by atoms with Gasteiger partial charge in [-0.05, 0) is 47.7 Å². The van der Waals surface area contributed by atoms with Crippen molar-refractivity contribution in [2.24, 2.45) is 0 Å². The average Bonchev–Trinajstić information content (AvgIpc) is 3.45. The number of carboxylic acids is 1. The molecule has 9 nitrogen and oxygen atoms in total. The van der Waals surface area contributed by atoms with Gasteiger partial charge in [-0.1, -0.05) is 54.1 Å². The van der Waals surface area contributed by atoms with Crippen molar-refractivity contribution < 1.29 is 24.3 Å². The number of halogens is 1. The Balaban J connectivity index is 1.44. The lowest BCUT2D eigenvalue weighted by atomic mass is 9.89. The number of amides is 4. The number of hydrogen-bond donors (Lipinski definition) is 3. The molecule has 1 aromatic heterocycles. The fourth-order valence-corrected chi connectivity index (χ4v) is 6.52. The third-order valence-corrected chi connectivity index (χ3v) is 8.44. The predicted octanol–water partition coefficient (Wildman–Crippen LogP) is 4.85. The normalized spacial score (nSPS) is 18.8. The smallest absolute Gasteiger partial charge is 0.332 e. The van der Waals surface area contributed by atoms with Crippen LogP contribution in [0.25, 0.3) is 10.9 Å². The van der Waals surface area contributed by atoms with Gasteiger partial charge in [0.2, 0.25) is 0 Å². The lowest BCUT2D eigenvalue weighted by Crippen LogP contribution is -2.44. The van der Waals surface area contributed by atoms with Crippen molar-refractivity contribution in [3.8, 4) is 0 Å². The second-order valence-corrected chi connectivity index (χ2v) is 11.3. The maximum atomic E-state index is 14.2. The van der Waals surface area contributed by atoms with Gasteiger partial charge in [0.15, 0.2) is 0 Å². The summed E-state index contributed by atoms with van der Waals surface area (Å²) >= 11 is 7.65. The van der Waals surface area contributed by atoms with Crippen LogP contribution in [-0.2, 0) is 16.0 Å². The molecule has 3 N–H and O–H groups in total. The van der Waals surface area contributed by atoms with E-state index in [4.69, 9.17) is 11.6 Å². The molecular formula is C30H25ClN4O5S. The summed E-state index contributed by atoms with van der Waals surface area (Å²) in [6, 6.07) is 18.1. The Morgan fingerprint density at radius 3 is 2.61 bits per heavy atom. The number of nitrogens with one attached hydrogen (secondary N) is 2. The molecule has 0 unspecified atom stereocenters. The minimum absolute atomic E-state index is 0.0321. The standard InChI is InChI=1S/C30H25ClN4O5S/c1-41-15-22(29(38)39)33-27(36)19-10-3-5-12-23(19)35-28(37)24-14-20-18-9-2-4-11-21(18)32-25(20)26(34(24)30(35)40)16-7-6-8-17(31)13-16/h2-13,22,24,26,32H,14-15H2,1H3,(H,33,36)(H,38,39)/t22-,24-,26+/m0/s1. The van der Waals surface area contributed by atoms with Crippen molar-refractivity contribution >= 4 is 63.8 Å². The molecule has 0 radical (unpaired) electrons. The third-order valence-electron chi connectivity index (χ3n) is 7.54. The number of nitrogens with zero attached hydrogens (tertiary/aromatic N) is 2. The van der Waals surface area contributed by atoms with Crippen molar-refractivity contribution in [1.82, 2.24) is 15.2 Å². The SMILES string of the molecule is CSC[C@H](NC(=O)c1ccccc1N1C(=O)[C@@H]2Cc3c([nH]c4ccccc34)[C@@H](c3cccc(Cl)c3)N2C1=O)C(=O)O. The van der Waals surface area contributed by atoms with E-state index in [0.29, 0.717) is 11.4 Å². The van der Waals surface area contributed by atoms with Crippen LogP contribution in [0.1, 0.15) is 33.2 Å². The zero-order chi connectivity index (χ0) is 28.8. The highest BCUT2D eigenvalue weighted by Crippen LogP contribution is 2.45. The lowest BCUT2D eigenvalue weighted by Gasteiger charge is -2.36. The molecule has 0 bridgehead atoms. The zero-order valence-corrected chi connectivity index (χ0v) is 23.4. The summed E-state index contributed by atoms with van der Waals surface area (Å²) in [4.78, 5) is 59.3. The number of para-hydroxylation sites is 2. The molecule has 41 heavy (non-hydrogen) atoms. The molecule has 0 aliphatic carbocycles. The van der Waals surface area contributed by atoms with Gasteiger partial charge in [-0.15, -0.1) is 0 Å². The molecule has 4 amide bonds. The molecule has 4 aromatic rings. The number of carbonyl (C=O) groups is 4. The van der Waals surface area contributed by atoms with E-state index in [1.54, 1.807) is 41.5 Å². The van der Waals surface area contributed by atoms with E-state index in [1.807, 2.05) is 30.3 Å². The molecule has 2 aliphatic rings. The first kappa shape index (κ1) is 26.9. The van der Waals surface area contributed by atoms with Gasteiger partial charge in [0.25, 0.3) is 11.8 Å². The Hall–Kier alpha value is -4.28. The van der Waals surface area contributed by atoms with Gasteiger partial charge in [0, 0.05) is 33.8 Å². The number of fused-ring (bicyclic) bond motifs is 4. The van der Waals surface area contributed by atoms with Crippen molar-refractivity contribution in [3.63, 3.8) is 0 Å². The van der Waals surface area contributed by atoms with E-state index in [-0.39, 0.29) is 17.0 Å². The van der Waals surface area contributed by atoms with Gasteiger partial charge in [-0.2, -0.15) is 11.8 Å². The van der Waals surface area contributed by atoms with Crippen LogP contribution in [-0.4, -0.2) is 62.9 Å². The van der Waals surface area contributed by atoms with Gasteiger partial charge in [0.1, 0.15) is 18.1 Å². The third kappa shape index (κ3) is 4.53. The Labute approximate surface area is 244 Å². The summed E-state index contributed by atoms with van der Waals surface area (Å²) in [5.74, 6) is -2.16. The number of H-pyrrole nitrogens is 1. The number of aliphatic carboxylic acids is 1. The van der Waals surface area contributed by atoms with E-state index < -0.39 is 41.9 Å². The van der Waals surface area contributed by atoms with Crippen molar-refractivity contribution in [2.45, 2.75) is 24.5 Å². The van der Waals surface area contributed by atoms with Crippen LogP contribution in [0.5, 0.6) is 0 Å². The summed E-state index contributed by atoms with van der Waals surface area (Å²) in [6.45, 7) is 0. The summed E-state index contributed by atoms with van der Waals surface area (Å²) < 4.78 is 0. The Kier molecular flexibility index (Phi) is 6.96. The molecule has 0 spiro atoms. The number of urea groups is 1. The van der Waals surface area contributed by atoms with Crippen LogP contribution in [0.3, 0.4) is 0 Å². The number of anilines is 1. The van der Waals surface area contributed by atoms with Crippen molar-refractivity contribution in [1.29, 1.82) is 0 Å². The number of carboxylic acid groups (broad SMARTS) is 1. The van der Waals surface area contributed by atoms with Crippen LogP contribution in [0.4, 0.5) is 10.5 Å². The number of thioether (sulfide) groups is 1. The van der Waals surface area contributed by atoms with Crippen LogP contribution in [0, 0.1) is 0 Å². The maximum Gasteiger partial charge on any atom is 0.332 e. The largest absolute Gasteiger partial charge is 0.480 e. The summed E-state index contributed by atoms with van der Waals surface area (Å²) in [6.07, 6.45) is 2.03. The highest BCUT2D eigenvalue weighted by atomic mass is 35.5. The van der Waals surface area contributed by atoms with Crippen LogP contribution >= 0.6 is 23.4 Å². The Morgan fingerprint density at radius 2 is 1.85 bits per heavy atom. The van der Waals surface area contributed by atoms with Crippen molar-refractivity contribution in [2.75, 3.05) is 16.9 Å². The Morgan fingerprint density at radius 1 is 1.10 bits per heavy atom. The molecule has 3 atom stereocenters. The number of rotatable bonds is 7. The van der Waals surface area contributed by atoms with Gasteiger partial charge in [-0.25, -0.2) is 14.5 Å². The first-order valence-corrected chi connectivity index (χ1v) is 14.7. The van der Waals surface area contributed by atoms with E-state index in [0.717, 1.165) is 32.6 Å². The molecule has 11 heteroatoms. The minimum atomic E-state index is -1.17. The number of carbonyl (C=O) groups excluding carboxylic acids is 3. The highest BCUT2D eigenvalue weighted by Gasteiger charge is 2.53. The first-order valence-electron chi connectivity index (χ1n) is 12.9. The molecule has 208 valence electrons. The molecule has 0 saturated carbocycles. The highest BCUT2D eigenvalue weighted by molar-refractivity contribution is 7.98. The van der Waals surface area contributed by atoms with Gasteiger partial charge >= 0.3 is 12.0 Å². The number of benzene rings is 3. The van der Waals surface area contributed by atoms with Crippen LogP contribution < -0.4 is 10.2 Å². The molecule has 1 saturated heterocycles. The maximum absolute atomic E-state index is 14.2. The zero-order valence-electron chi connectivity index (χ0n) is 21.8. The fourth-order valence-electron chi connectivity index (χ4n) is 5.76. The topological polar surface area (TPSA) is 123 Å². The van der Waals surface area contributed by atoms with E-state index in [1.165, 1.54) is 23.9 Å². The molecule has 3 aromatic carbocycles. The fraction of sp³-hybridized carbons (Fsp3) is 0.200. The van der Waals surface area contributed by atoms with Gasteiger partial charge in [0.05, 0.1) is 11.3 Å². The second kappa shape index (κ2) is 10.6. The summed E-state index contributed by atoms with van der Waals surface area (Å²) in [5, 5.41) is 13.5. The second-order valence-electron chi connectivity index (χ2n) is 9.94. The molecular weight excluding hydrogens is 564 g/mol. The predicted molar refractivity (Wildman–Crippen MR) is 158 cm³/mol. The van der Waals surface area contributed by atoms with E-state index in [2.05, 4.69) is 10.3 Å². The number of hydrogen-bond acceptors (Lipinski definition) is 5. The molecule has 6 rings (SSSR count). The molecule has 2 aliphatic heterocycles. The molecule has 1 fully saturated rings. The van der Waals surface area contributed by atoms with Gasteiger partial charge in [-0.3, -0.25) is 14.5 Å². The number of aromatic amines is 1. The summed E-state index contributed by atoms with van der Waals surface area (Å²) in [5.41, 5.74) is 3.53. The number of imide groups is 1. The number of aromatic nitrogens is 1. The van der Waals surface area contributed by atoms with E-state index >= 15 is 0 Å². The van der Waals surface area contributed by atoms with Crippen LogP contribution in [0.15, 0.2) is 72.8 Å². The molecule has 3 heterocycles. The quantitative estimate of drug-likeness (QED) is 0.265. The summed E-state index contributed by atoms with van der Waals surface area (Å²) in [7, 11) is 0. The average molecular weight is 589 g/mol. The monoisotopic (exact) mass is 588 g/mol. The minimum Gasteiger partial charge on any atom is -0.480 e. The van der Waals surface area contributed by atoms with Crippen LogP contribution in [0.2, 0.25) is 5.02 Å². The van der Waals surface area contributed by atoms with E-state index in [9.17, 15) is 24.3 Å². The van der Waals surface area contributed by atoms with Crippen molar-refractivity contribution in [3.05, 3.63) is 100 Å². The lowest BCUT2D eigenvalue weighted by molar-refractivity contribution is -0.138.